The largest absolute Gasteiger partial charge is 0.432 e. The number of nitrogens with zero attached hydrogens (tertiary/aromatic N) is 2. The van der Waals surface area contributed by atoms with Crippen LogP contribution in [-0.4, -0.2) is 38.4 Å². The average molecular weight is 228 g/mol. The molecule has 0 aliphatic heterocycles. The Kier molecular flexibility index (Phi) is 7.75. The second-order valence-electron chi connectivity index (χ2n) is 2.97. The van der Waals surface area contributed by atoms with Crippen molar-refractivity contribution in [1.29, 1.82) is 0 Å². The third kappa shape index (κ3) is 5.29. The first-order valence-electron chi connectivity index (χ1n) is 4.83. The molecule has 0 aromatic carbocycles. The Morgan fingerprint density at radius 2 is 2.19 bits per heavy atom. The molecule has 16 heavy (non-hydrogen) atoms. The molecule has 0 unspecified atom stereocenters. The van der Waals surface area contributed by atoms with Crippen LogP contribution in [0.3, 0.4) is 0 Å². The zero-order chi connectivity index (χ0) is 12.4. The molecule has 0 fully saturated rings. The molecule has 0 saturated heterocycles. The molecule has 0 spiro atoms. The number of oxazole rings is 1. The third-order valence-corrected chi connectivity index (χ3v) is 1.86. The minimum atomic E-state index is 0.250. The molecule has 0 aliphatic carbocycles. The predicted octanol–water partition coefficient (Wildman–Crippen LogP) is 0.736. The molecule has 0 atom stereocenters. The summed E-state index contributed by atoms with van der Waals surface area (Å²) in [6, 6.07) is 0.661. The van der Waals surface area contributed by atoms with Gasteiger partial charge in [0.25, 0.3) is 6.01 Å². The van der Waals surface area contributed by atoms with Gasteiger partial charge in [0.15, 0.2) is 0 Å². The standard InChI is InChI=1S/C9H16N2O2.CO2/c1-4-8-7-13-9(10-8)11(2)5-6-12-3;2-1-3/h7H,4-6H2,1-3H3;. The number of likely N-dealkylation sites (N-methyl/N-ethyl adjacent to an activating group) is 1. The molecule has 0 bridgehead atoms. The first-order valence-corrected chi connectivity index (χ1v) is 4.83. The van der Waals surface area contributed by atoms with E-state index in [0.29, 0.717) is 12.6 Å². The topological polar surface area (TPSA) is 72.6 Å². The van der Waals surface area contributed by atoms with Crippen LogP contribution in [-0.2, 0) is 20.7 Å². The van der Waals surface area contributed by atoms with Crippen molar-refractivity contribution in [3.8, 4) is 0 Å². The zero-order valence-corrected chi connectivity index (χ0v) is 9.73. The maximum absolute atomic E-state index is 8.12. The summed E-state index contributed by atoms with van der Waals surface area (Å²) in [6.07, 6.45) is 2.85. The van der Waals surface area contributed by atoms with Crippen molar-refractivity contribution in [2.24, 2.45) is 0 Å². The Bertz CT molecular complexity index is 318. The number of ether oxygens (including phenoxy) is 1. The molecule has 1 rings (SSSR count). The van der Waals surface area contributed by atoms with Gasteiger partial charge >= 0.3 is 6.15 Å². The minimum absolute atomic E-state index is 0.250. The summed E-state index contributed by atoms with van der Waals surface area (Å²) < 4.78 is 10.2. The molecule has 1 aromatic heterocycles. The van der Waals surface area contributed by atoms with Crippen LogP contribution in [0.1, 0.15) is 12.6 Å². The van der Waals surface area contributed by atoms with Gasteiger partial charge in [0.05, 0.1) is 12.3 Å². The lowest BCUT2D eigenvalue weighted by Gasteiger charge is -2.12. The van der Waals surface area contributed by atoms with E-state index in [-0.39, 0.29) is 6.15 Å². The molecule has 6 nitrogen and oxygen atoms in total. The molecular weight excluding hydrogens is 212 g/mol. The summed E-state index contributed by atoms with van der Waals surface area (Å²) in [6.45, 7) is 3.53. The van der Waals surface area contributed by atoms with Crippen molar-refractivity contribution < 1.29 is 18.7 Å². The Morgan fingerprint density at radius 1 is 1.56 bits per heavy atom. The van der Waals surface area contributed by atoms with Crippen LogP contribution in [0.5, 0.6) is 0 Å². The first-order chi connectivity index (χ1) is 7.69. The summed E-state index contributed by atoms with van der Waals surface area (Å²) in [7, 11) is 3.62. The van der Waals surface area contributed by atoms with E-state index in [1.54, 1.807) is 13.4 Å². The number of anilines is 1. The molecule has 1 heterocycles. The summed E-state index contributed by atoms with van der Waals surface area (Å²) in [5, 5.41) is 0. The molecule has 0 aliphatic rings. The van der Waals surface area contributed by atoms with Gasteiger partial charge in [-0.15, -0.1) is 0 Å². The van der Waals surface area contributed by atoms with E-state index in [4.69, 9.17) is 18.7 Å². The summed E-state index contributed by atoms with van der Waals surface area (Å²) in [4.78, 5) is 22.5. The fourth-order valence-electron chi connectivity index (χ4n) is 0.958. The van der Waals surface area contributed by atoms with Crippen molar-refractivity contribution in [3.63, 3.8) is 0 Å². The molecule has 1 aromatic rings. The van der Waals surface area contributed by atoms with Crippen LogP contribution in [0.15, 0.2) is 10.7 Å². The number of aromatic nitrogens is 1. The highest BCUT2D eigenvalue weighted by atomic mass is 16.5. The Labute approximate surface area is 94.2 Å². The monoisotopic (exact) mass is 228 g/mol. The highest BCUT2D eigenvalue weighted by molar-refractivity contribution is 5.24. The molecule has 0 saturated carbocycles. The normalized spacial score (nSPS) is 8.94. The fourth-order valence-corrected chi connectivity index (χ4v) is 0.958. The van der Waals surface area contributed by atoms with Gasteiger partial charge in [0.2, 0.25) is 0 Å². The van der Waals surface area contributed by atoms with Crippen LogP contribution in [0.2, 0.25) is 0 Å². The fraction of sp³-hybridized carbons (Fsp3) is 0.600. The second-order valence-corrected chi connectivity index (χ2v) is 2.97. The summed E-state index contributed by atoms with van der Waals surface area (Å²) in [5.41, 5.74) is 0.985. The number of hydrogen-bond acceptors (Lipinski definition) is 6. The number of rotatable bonds is 5. The number of hydrogen-bond donors (Lipinski definition) is 0. The van der Waals surface area contributed by atoms with Crippen molar-refractivity contribution in [2.75, 3.05) is 32.2 Å². The van der Waals surface area contributed by atoms with Crippen LogP contribution in [0.4, 0.5) is 6.01 Å². The van der Waals surface area contributed by atoms with Crippen molar-refractivity contribution in [2.45, 2.75) is 13.3 Å². The summed E-state index contributed by atoms with van der Waals surface area (Å²) in [5.74, 6) is 0. The minimum Gasteiger partial charge on any atom is -0.432 e. The lowest BCUT2D eigenvalue weighted by molar-refractivity contribution is -0.191. The maximum Gasteiger partial charge on any atom is 0.373 e. The average Bonchev–Trinajstić information content (AvgIpc) is 2.75. The Balaban J connectivity index is 0.000000673. The van der Waals surface area contributed by atoms with E-state index in [9.17, 15) is 0 Å². The van der Waals surface area contributed by atoms with E-state index in [0.717, 1.165) is 18.7 Å². The van der Waals surface area contributed by atoms with Gasteiger partial charge in [0.1, 0.15) is 6.26 Å². The molecule has 0 radical (unpaired) electrons. The highest BCUT2D eigenvalue weighted by Gasteiger charge is 2.06. The van der Waals surface area contributed by atoms with E-state index >= 15 is 0 Å². The number of aryl methyl sites for hydroxylation is 1. The maximum atomic E-state index is 8.12. The van der Waals surface area contributed by atoms with Crippen LogP contribution < -0.4 is 4.90 Å². The van der Waals surface area contributed by atoms with Crippen molar-refractivity contribution >= 4 is 12.2 Å². The van der Waals surface area contributed by atoms with Gasteiger partial charge < -0.3 is 14.1 Å². The van der Waals surface area contributed by atoms with Gasteiger partial charge in [-0.05, 0) is 6.42 Å². The molecule has 6 heteroatoms. The predicted molar refractivity (Wildman–Crippen MR) is 56.0 cm³/mol. The molecule has 90 valence electrons. The van der Waals surface area contributed by atoms with Gasteiger partial charge in [-0.25, -0.2) is 0 Å². The van der Waals surface area contributed by atoms with E-state index < -0.39 is 0 Å². The van der Waals surface area contributed by atoms with Crippen LogP contribution in [0.25, 0.3) is 0 Å². The number of methoxy groups -OCH3 is 1. The Hall–Kier alpha value is -1.65. The van der Waals surface area contributed by atoms with Crippen LogP contribution >= 0.6 is 0 Å². The molecular formula is C10H16N2O4. The lowest BCUT2D eigenvalue weighted by atomic mass is 10.4. The van der Waals surface area contributed by atoms with Gasteiger partial charge in [-0.2, -0.15) is 14.6 Å². The van der Waals surface area contributed by atoms with E-state index in [2.05, 4.69) is 11.9 Å². The smallest absolute Gasteiger partial charge is 0.373 e. The Morgan fingerprint density at radius 3 is 2.62 bits per heavy atom. The van der Waals surface area contributed by atoms with Gasteiger partial charge in [-0.3, -0.25) is 0 Å². The first kappa shape index (κ1) is 14.3. The van der Waals surface area contributed by atoms with Crippen molar-refractivity contribution in [1.82, 2.24) is 4.98 Å². The summed E-state index contributed by atoms with van der Waals surface area (Å²) >= 11 is 0. The zero-order valence-electron chi connectivity index (χ0n) is 9.73. The quantitative estimate of drug-likeness (QED) is 0.740. The second kappa shape index (κ2) is 8.64. The SMILES string of the molecule is CCc1coc(N(C)CCOC)n1.O=C=O. The lowest BCUT2D eigenvalue weighted by Crippen LogP contribution is -2.22. The third-order valence-electron chi connectivity index (χ3n) is 1.86. The highest BCUT2D eigenvalue weighted by Crippen LogP contribution is 2.11. The molecule has 0 N–H and O–H groups in total. The molecule has 0 amide bonds. The van der Waals surface area contributed by atoms with E-state index in [1.807, 2.05) is 11.9 Å². The van der Waals surface area contributed by atoms with E-state index in [1.165, 1.54) is 0 Å². The van der Waals surface area contributed by atoms with Gasteiger partial charge in [0, 0.05) is 20.7 Å². The van der Waals surface area contributed by atoms with Gasteiger partial charge in [-0.1, -0.05) is 6.92 Å². The van der Waals surface area contributed by atoms with Crippen LogP contribution in [0, 0.1) is 0 Å². The number of carbonyl (C=O) groups excluding carboxylic acids is 2. The van der Waals surface area contributed by atoms with Crippen molar-refractivity contribution in [3.05, 3.63) is 12.0 Å².